The van der Waals surface area contributed by atoms with Crippen molar-refractivity contribution in [1.29, 1.82) is 5.26 Å². The highest BCUT2D eigenvalue weighted by Crippen LogP contribution is 2.13. The molecule has 0 fully saturated rings. The van der Waals surface area contributed by atoms with E-state index in [-0.39, 0.29) is 10.9 Å². The Labute approximate surface area is 127 Å². The number of likely N-dealkylation sites (N-methyl/N-ethyl adjacent to an activating group) is 1. The van der Waals surface area contributed by atoms with Crippen LogP contribution in [0, 0.1) is 17.2 Å². The van der Waals surface area contributed by atoms with Crippen molar-refractivity contribution in [2.24, 2.45) is 5.92 Å². The van der Waals surface area contributed by atoms with Gasteiger partial charge in [0.05, 0.1) is 16.5 Å². The van der Waals surface area contributed by atoms with Crippen molar-refractivity contribution in [3.8, 4) is 6.07 Å². The quantitative estimate of drug-likeness (QED) is 0.833. The van der Waals surface area contributed by atoms with Crippen molar-refractivity contribution in [2.45, 2.75) is 31.2 Å². The maximum atomic E-state index is 12.4. The molecule has 0 aromatic heterocycles. The van der Waals surface area contributed by atoms with E-state index in [2.05, 4.69) is 18.6 Å². The van der Waals surface area contributed by atoms with Gasteiger partial charge in [0.25, 0.3) is 0 Å². The first-order valence-electron chi connectivity index (χ1n) is 6.92. The monoisotopic (exact) mass is 309 g/mol. The van der Waals surface area contributed by atoms with Crippen LogP contribution in [0.4, 0.5) is 0 Å². The Morgan fingerprint density at radius 3 is 2.24 bits per heavy atom. The third-order valence-corrected chi connectivity index (χ3v) is 4.49. The van der Waals surface area contributed by atoms with Gasteiger partial charge >= 0.3 is 0 Å². The number of benzene rings is 1. The molecule has 1 N–H and O–H groups in total. The minimum Gasteiger partial charge on any atom is -0.308 e. The molecule has 116 valence electrons. The zero-order valence-corrected chi connectivity index (χ0v) is 13.8. The van der Waals surface area contributed by atoms with E-state index < -0.39 is 10.0 Å². The standard InChI is InChI=1S/C15H23N3O2S/c1-12(2)9-14(11-18(3)4)17-21(19,20)15-7-5-13(10-16)6-8-15/h5-8,12,14,17H,9,11H2,1-4H3. The SMILES string of the molecule is CC(C)CC(CN(C)C)NS(=O)(=O)c1ccc(C#N)cc1. The molecule has 0 saturated carbocycles. The molecule has 0 aliphatic heterocycles. The average Bonchev–Trinajstić information content (AvgIpc) is 2.36. The summed E-state index contributed by atoms with van der Waals surface area (Å²) in [5.41, 5.74) is 0.445. The van der Waals surface area contributed by atoms with Crippen LogP contribution in [0.1, 0.15) is 25.8 Å². The maximum absolute atomic E-state index is 12.4. The Kier molecular flexibility index (Phi) is 6.34. The molecule has 1 rings (SSSR count). The second-order valence-corrected chi connectivity index (χ2v) is 7.56. The summed E-state index contributed by atoms with van der Waals surface area (Å²) in [7, 11) is 0.278. The lowest BCUT2D eigenvalue weighted by molar-refractivity contribution is 0.329. The molecule has 0 aliphatic carbocycles. The summed E-state index contributed by atoms with van der Waals surface area (Å²) < 4.78 is 27.5. The summed E-state index contributed by atoms with van der Waals surface area (Å²) >= 11 is 0. The highest BCUT2D eigenvalue weighted by molar-refractivity contribution is 7.89. The largest absolute Gasteiger partial charge is 0.308 e. The normalized spacial score (nSPS) is 13.4. The van der Waals surface area contributed by atoms with Gasteiger partial charge in [-0.15, -0.1) is 0 Å². The molecule has 0 spiro atoms. The fourth-order valence-electron chi connectivity index (χ4n) is 2.17. The molecule has 0 bridgehead atoms. The third-order valence-electron chi connectivity index (χ3n) is 2.96. The molecule has 0 amide bonds. The van der Waals surface area contributed by atoms with E-state index >= 15 is 0 Å². The predicted octanol–water partition coefficient (Wildman–Crippen LogP) is 1.81. The second-order valence-electron chi connectivity index (χ2n) is 5.85. The van der Waals surface area contributed by atoms with Crippen LogP contribution in [-0.2, 0) is 10.0 Å². The molecule has 0 aliphatic rings. The van der Waals surface area contributed by atoms with E-state index in [1.165, 1.54) is 24.3 Å². The predicted molar refractivity (Wildman–Crippen MR) is 83.3 cm³/mol. The molecule has 6 heteroatoms. The van der Waals surface area contributed by atoms with Crippen molar-refractivity contribution in [3.63, 3.8) is 0 Å². The second kappa shape index (κ2) is 7.55. The molecule has 1 aromatic carbocycles. The first kappa shape index (κ1) is 17.6. The van der Waals surface area contributed by atoms with Crippen molar-refractivity contribution < 1.29 is 8.42 Å². The van der Waals surface area contributed by atoms with Gasteiger partial charge in [-0.05, 0) is 50.7 Å². The van der Waals surface area contributed by atoms with Crippen LogP contribution < -0.4 is 4.72 Å². The summed E-state index contributed by atoms with van der Waals surface area (Å²) in [6, 6.07) is 7.78. The van der Waals surface area contributed by atoms with Gasteiger partial charge < -0.3 is 4.90 Å². The van der Waals surface area contributed by atoms with Gasteiger partial charge in [0, 0.05) is 12.6 Å². The first-order chi connectivity index (χ1) is 9.74. The molecule has 1 atom stereocenters. The molecule has 5 nitrogen and oxygen atoms in total. The van der Waals surface area contributed by atoms with E-state index in [0.717, 1.165) is 6.42 Å². The Balaban J connectivity index is 2.91. The van der Waals surface area contributed by atoms with Crippen molar-refractivity contribution in [3.05, 3.63) is 29.8 Å². The van der Waals surface area contributed by atoms with E-state index in [0.29, 0.717) is 18.0 Å². The molecule has 0 heterocycles. The molecule has 1 aromatic rings. The van der Waals surface area contributed by atoms with Crippen LogP contribution in [0.2, 0.25) is 0 Å². The van der Waals surface area contributed by atoms with Gasteiger partial charge in [-0.3, -0.25) is 0 Å². The van der Waals surface area contributed by atoms with Gasteiger partial charge in [0.2, 0.25) is 10.0 Å². The summed E-state index contributed by atoms with van der Waals surface area (Å²) in [6.45, 7) is 4.78. The van der Waals surface area contributed by atoms with Crippen LogP contribution in [0.5, 0.6) is 0 Å². The van der Waals surface area contributed by atoms with Gasteiger partial charge in [-0.2, -0.15) is 5.26 Å². The Bertz CT molecular complexity index is 576. The van der Waals surface area contributed by atoms with Crippen molar-refractivity contribution in [1.82, 2.24) is 9.62 Å². The van der Waals surface area contributed by atoms with Crippen LogP contribution in [0.25, 0.3) is 0 Å². The number of sulfonamides is 1. The van der Waals surface area contributed by atoms with E-state index in [1.807, 2.05) is 25.1 Å². The number of nitrogens with zero attached hydrogens (tertiary/aromatic N) is 2. The highest BCUT2D eigenvalue weighted by Gasteiger charge is 2.21. The maximum Gasteiger partial charge on any atom is 0.240 e. The molecular weight excluding hydrogens is 286 g/mol. The lowest BCUT2D eigenvalue weighted by Gasteiger charge is -2.23. The lowest BCUT2D eigenvalue weighted by atomic mass is 10.0. The lowest BCUT2D eigenvalue weighted by Crippen LogP contribution is -2.42. The highest BCUT2D eigenvalue weighted by atomic mass is 32.2. The molecular formula is C15H23N3O2S. The Morgan fingerprint density at radius 1 is 1.24 bits per heavy atom. The summed E-state index contributed by atoms with van der Waals surface area (Å²) in [4.78, 5) is 2.16. The zero-order chi connectivity index (χ0) is 16.0. The number of rotatable bonds is 7. The third kappa shape index (κ3) is 5.84. The van der Waals surface area contributed by atoms with E-state index in [1.54, 1.807) is 0 Å². The van der Waals surface area contributed by atoms with Gasteiger partial charge in [-0.25, -0.2) is 13.1 Å². The summed E-state index contributed by atoms with van der Waals surface area (Å²) in [5.74, 6) is 0.401. The molecule has 0 saturated heterocycles. The van der Waals surface area contributed by atoms with Crippen LogP contribution in [-0.4, -0.2) is 40.0 Å². The van der Waals surface area contributed by atoms with Crippen LogP contribution in [0.3, 0.4) is 0 Å². The minimum absolute atomic E-state index is 0.138. The molecule has 0 radical (unpaired) electrons. The number of nitrogens with one attached hydrogen (secondary N) is 1. The summed E-state index contributed by atoms with van der Waals surface area (Å²) in [6.07, 6.45) is 0.772. The Morgan fingerprint density at radius 2 is 1.81 bits per heavy atom. The van der Waals surface area contributed by atoms with Crippen LogP contribution >= 0.6 is 0 Å². The molecule has 21 heavy (non-hydrogen) atoms. The summed E-state index contributed by atoms with van der Waals surface area (Å²) in [5, 5.41) is 8.75. The van der Waals surface area contributed by atoms with Crippen LogP contribution in [0.15, 0.2) is 29.2 Å². The fraction of sp³-hybridized carbons (Fsp3) is 0.533. The number of hydrogen-bond acceptors (Lipinski definition) is 4. The molecule has 1 unspecified atom stereocenters. The Hall–Kier alpha value is -1.42. The zero-order valence-electron chi connectivity index (χ0n) is 13.0. The van der Waals surface area contributed by atoms with Gasteiger partial charge in [0.1, 0.15) is 0 Å². The smallest absolute Gasteiger partial charge is 0.240 e. The number of hydrogen-bond donors (Lipinski definition) is 1. The van der Waals surface area contributed by atoms with Crippen molar-refractivity contribution in [2.75, 3.05) is 20.6 Å². The topological polar surface area (TPSA) is 73.2 Å². The van der Waals surface area contributed by atoms with E-state index in [4.69, 9.17) is 5.26 Å². The van der Waals surface area contributed by atoms with Crippen molar-refractivity contribution >= 4 is 10.0 Å². The van der Waals surface area contributed by atoms with E-state index in [9.17, 15) is 8.42 Å². The average molecular weight is 309 g/mol. The first-order valence-corrected chi connectivity index (χ1v) is 8.40. The number of nitriles is 1. The minimum atomic E-state index is -3.56. The fourth-order valence-corrected chi connectivity index (χ4v) is 3.41. The van der Waals surface area contributed by atoms with Gasteiger partial charge in [0.15, 0.2) is 0 Å². The van der Waals surface area contributed by atoms with Gasteiger partial charge in [-0.1, -0.05) is 13.8 Å².